The van der Waals surface area contributed by atoms with E-state index in [1.807, 2.05) is 0 Å². The van der Waals surface area contributed by atoms with Crippen molar-refractivity contribution in [2.24, 2.45) is 0 Å². The van der Waals surface area contributed by atoms with E-state index in [0.717, 1.165) is 6.07 Å². The first-order chi connectivity index (χ1) is 7.59. The highest BCUT2D eigenvalue weighted by Gasteiger charge is 2.64. The zero-order valence-electron chi connectivity index (χ0n) is 8.10. The maximum Gasteiger partial charge on any atom is 0.432 e. The molecule has 1 aromatic rings. The maximum absolute atomic E-state index is 13.5. The van der Waals surface area contributed by atoms with E-state index in [1.165, 1.54) is 0 Å². The molecule has 0 aromatic heterocycles. The molecular weight excluding hydrogens is 252 g/mol. The van der Waals surface area contributed by atoms with Gasteiger partial charge in [-0.1, -0.05) is 0 Å². The molecular formula is C9H7F6NO. The lowest BCUT2D eigenvalue weighted by Crippen LogP contribution is -2.44. The molecule has 1 aromatic carbocycles. The van der Waals surface area contributed by atoms with Gasteiger partial charge in [0.1, 0.15) is 5.75 Å². The van der Waals surface area contributed by atoms with Gasteiger partial charge < -0.3 is 10.8 Å². The monoisotopic (exact) mass is 259 g/mol. The Labute approximate surface area is 91.7 Å². The van der Waals surface area contributed by atoms with Gasteiger partial charge in [-0.2, -0.15) is 13.2 Å². The molecule has 0 aliphatic heterocycles. The van der Waals surface area contributed by atoms with Gasteiger partial charge in [-0.3, -0.25) is 0 Å². The topological polar surface area (TPSA) is 46.2 Å². The van der Waals surface area contributed by atoms with E-state index in [-0.39, 0.29) is 6.07 Å². The maximum atomic E-state index is 13.5. The Morgan fingerprint density at radius 2 is 1.59 bits per heavy atom. The molecule has 1 unspecified atom stereocenters. The van der Waals surface area contributed by atoms with Gasteiger partial charge in [0, 0.05) is 17.3 Å². The van der Waals surface area contributed by atoms with Crippen molar-refractivity contribution in [1.29, 1.82) is 0 Å². The van der Waals surface area contributed by atoms with Crippen molar-refractivity contribution >= 4 is 5.69 Å². The number of aromatic hydroxyl groups is 1. The zero-order chi connectivity index (χ0) is 13.4. The van der Waals surface area contributed by atoms with E-state index in [4.69, 9.17) is 10.8 Å². The van der Waals surface area contributed by atoms with Gasteiger partial charge in [-0.25, -0.2) is 13.2 Å². The molecule has 0 saturated carbocycles. The van der Waals surface area contributed by atoms with E-state index in [1.54, 1.807) is 0 Å². The summed E-state index contributed by atoms with van der Waals surface area (Å²) >= 11 is 0. The van der Waals surface area contributed by atoms with Gasteiger partial charge >= 0.3 is 6.18 Å². The lowest BCUT2D eigenvalue weighted by molar-refractivity contribution is -0.274. The van der Waals surface area contributed by atoms with Crippen molar-refractivity contribution in [2.45, 2.75) is 18.3 Å². The fraction of sp³-hybridized carbons (Fsp3) is 0.333. The van der Waals surface area contributed by atoms with Crippen molar-refractivity contribution < 1.29 is 31.4 Å². The largest absolute Gasteiger partial charge is 0.508 e. The van der Waals surface area contributed by atoms with Crippen molar-refractivity contribution in [3.05, 3.63) is 23.8 Å². The normalized spacial score (nSPS) is 15.9. The number of nitrogen functional groups attached to an aromatic ring is 1. The summed E-state index contributed by atoms with van der Waals surface area (Å²) in [5.74, 6) is -0.827. The highest BCUT2D eigenvalue weighted by atomic mass is 19.4. The van der Waals surface area contributed by atoms with E-state index in [0.29, 0.717) is 6.07 Å². The number of hydrogen-bond acceptors (Lipinski definition) is 2. The van der Waals surface area contributed by atoms with Gasteiger partial charge in [0.25, 0.3) is 12.1 Å². The van der Waals surface area contributed by atoms with Crippen LogP contribution in [0.5, 0.6) is 5.75 Å². The summed E-state index contributed by atoms with van der Waals surface area (Å²) in [6.45, 7) is 0. The third kappa shape index (κ3) is 2.25. The lowest BCUT2D eigenvalue weighted by Gasteiger charge is -2.27. The molecule has 96 valence electrons. The number of anilines is 1. The molecule has 0 bridgehead atoms. The molecule has 0 fully saturated rings. The molecule has 0 spiro atoms. The molecule has 0 saturated heterocycles. The molecule has 0 aliphatic rings. The Morgan fingerprint density at radius 3 is 1.94 bits per heavy atom. The molecule has 0 amide bonds. The lowest BCUT2D eigenvalue weighted by atomic mass is 9.94. The van der Waals surface area contributed by atoms with E-state index < -0.39 is 35.3 Å². The van der Waals surface area contributed by atoms with E-state index in [9.17, 15) is 26.3 Å². The Balaban J connectivity index is 3.43. The first-order valence-corrected chi connectivity index (χ1v) is 4.23. The van der Waals surface area contributed by atoms with Crippen LogP contribution in [0.3, 0.4) is 0 Å². The van der Waals surface area contributed by atoms with Crippen LogP contribution in [0.2, 0.25) is 0 Å². The van der Waals surface area contributed by atoms with Gasteiger partial charge in [0.05, 0.1) is 0 Å². The fourth-order valence-corrected chi connectivity index (χ4v) is 1.26. The minimum absolute atomic E-state index is 0.260. The first kappa shape index (κ1) is 13.5. The predicted octanol–water partition coefficient (Wildman–Crippen LogP) is 2.97. The van der Waals surface area contributed by atoms with Gasteiger partial charge in [0.2, 0.25) is 0 Å². The van der Waals surface area contributed by atoms with Crippen LogP contribution in [0.4, 0.5) is 32.0 Å². The molecule has 8 heteroatoms. The van der Waals surface area contributed by atoms with Crippen LogP contribution < -0.4 is 5.73 Å². The summed E-state index contributed by atoms with van der Waals surface area (Å²) in [7, 11) is 0. The van der Waals surface area contributed by atoms with Crippen molar-refractivity contribution in [1.82, 2.24) is 0 Å². The quantitative estimate of drug-likeness (QED) is 0.633. The van der Waals surface area contributed by atoms with Crippen molar-refractivity contribution in [2.75, 3.05) is 5.73 Å². The number of rotatable bonds is 2. The predicted molar refractivity (Wildman–Crippen MR) is 47.4 cm³/mol. The Kier molecular flexibility index (Phi) is 3.17. The number of phenols is 1. The van der Waals surface area contributed by atoms with Crippen LogP contribution in [0.25, 0.3) is 0 Å². The van der Waals surface area contributed by atoms with Crippen LogP contribution >= 0.6 is 0 Å². The van der Waals surface area contributed by atoms with E-state index in [2.05, 4.69) is 0 Å². The molecule has 17 heavy (non-hydrogen) atoms. The smallest absolute Gasteiger partial charge is 0.432 e. The Morgan fingerprint density at radius 1 is 1.06 bits per heavy atom. The number of halogens is 6. The van der Waals surface area contributed by atoms with Gasteiger partial charge in [-0.05, 0) is 12.1 Å². The number of phenolic OH excluding ortho intramolecular Hbond substituents is 1. The molecule has 0 aliphatic carbocycles. The molecule has 3 N–H and O–H groups in total. The average Bonchev–Trinajstić information content (AvgIpc) is 2.12. The number of benzene rings is 1. The SMILES string of the molecule is Nc1cc(O)cc(C(F)(C(F)F)C(F)(F)F)c1. The summed E-state index contributed by atoms with van der Waals surface area (Å²) < 4.78 is 75.1. The summed E-state index contributed by atoms with van der Waals surface area (Å²) in [4.78, 5) is 0. The molecule has 2 nitrogen and oxygen atoms in total. The number of nitrogens with two attached hydrogens (primary N) is 1. The fourth-order valence-electron chi connectivity index (χ4n) is 1.26. The zero-order valence-corrected chi connectivity index (χ0v) is 8.10. The second kappa shape index (κ2) is 4.01. The van der Waals surface area contributed by atoms with Crippen molar-refractivity contribution in [3.63, 3.8) is 0 Å². The third-order valence-corrected chi connectivity index (χ3v) is 2.07. The summed E-state index contributed by atoms with van der Waals surface area (Å²) in [6, 6.07) is 1.47. The summed E-state index contributed by atoms with van der Waals surface area (Å²) in [6.07, 6.45) is -10.1. The number of hydrogen-bond donors (Lipinski definition) is 2. The number of alkyl halides is 6. The second-order valence-corrected chi connectivity index (χ2v) is 3.32. The third-order valence-electron chi connectivity index (χ3n) is 2.07. The molecule has 0 heterocycles. The Bertz CT molecular complexity index is 398. The van der Waals surface area contributed by atoms with Crippen LogP contribution in [-0.2, 0) is 5.67 Å². The van der Waals surface area contributed by atoms with Crippen LogP contribution in [0.15, 0.2) is 18.2 Å². The van der Waals surface area contributed by atoms with Gasteiger partial charge in [-0.15, -0.1) is 0 Å². The van der Waals surface area contributed by atoms with Crippen LogP contribution in [-0.4, -0.2) is 17.7 Å². The van der Waals surface area contributed by atoms with Crippen LogP contribution in [0.1, 0.15) is 5.56 Å². The second-order valence-electron chi connectivity index (χ2n) is 3.32. The summed E-state index contributed by atoms with van der Waals surface area (Å²) in [5, 5.41) is 8.95. The minimum Gasteiger partial charge on any atom is -0.508 e. The van der Waals surface area contributed by atoms with Crippen LogP contribution in [0, 0.1) is 0 Å². The standard InChI is InChI=1S/C9H7F6NO/c10-7(11)8(12,9(13,14)15)4-1-5(16)3-6(17)2-4/h1-3,7,17H,16H2. The minimum atomic E-state index is -5.82. The molecule has 1 atom stereocenters. The average molecular weight is 259 g/mol. The molecule has 1 rings (SSSR count). The first-order valence-electron chi connectivity index (χ1n) is 4.23. The van der Waals surface area contributed by atoms with Crippen molar-refractivity contribution in [3.8, 4) is 5.75 Å². The van der Waals surface area contributed by atoms with E-state index >= 15 is 0 Å². The molecule has 0 radical (unpaired) electrons. The Hall–Kier alpha value is -1.60. The summed E-state index contributed by atoms with van der Waals surface area (Å²) in [5.41, 5.74) is -1.69. The highest BCUT2D eigenvalue weighted by molar-refractivity contribution is 5.49. The highest BCUT2D eigenvalue weighted by Crippen LogP contribution is 2.47. The van der Waals surface area contributed by atoms with Gasteiger partial charge in [0.15, 0.2) is 0 Å².